The molecule has 18 heavy (non-hydrogen) atoms. The molecule has 0 bridgehead atoms. The van der Waals surface area contributed by atoms with Gasteiger partial charge in [0.2, 0.25) is 0 Å². The number of esters is 1. The zero-order chi connectivity index (χ0) is 13.5. The van der Waals surface area contributed by atoms with Crippen molar-refractivity contribution >= 4 is 23.6 Å². The predicted octanol–water partition coefficient (Wildman–Crippen LogP) is -0.414. The topological polar surface area (TPSA) is 73.1 Å². The summed E-state index contributed by atoms with van der Waals surface area (Å²) in [7, 11) is 3.94. The maximum absolute atomic E-state index is 10.9. The molecule has 99 valence electrons. The molecule has 0 aliphatic rings. The number of tetrazole rings is 1. The van der Waals surface area contributed by atoms with Gasteiger partial charge >= 0.3 is 5.97 Å². The molecule has 1 unspecified atom stereocenters. The molecule has 1 aromatic heterocycles. The van der Waals surface area contributed by atoms with Crippen LogP contribution >= 0.6 is 12.2 Å². The fourth-order valence-electron chi connectivity index (χ4n) is 1.31. The fourth-order valence-corrected chi connectivity index (χ4v) is 1.44. The van der Waals surface area contributed by atoms with Crippen LogP contribution in [0.25, 0.3) is 0 Å². The van der Waals surface area contributed by atoms with Gasteiger partial charge in [-0.05, 0) is 24.5 Å². The Morgan fingerprint density at radius 2 is 2.33 bits per heavy atom. The summed E-state index contributed by atoms with van der Waals surface area (Å²) in [5, 5.41) is 13.9. The summed E-state index contributed by atoms with van der Waals surface area (Å²) in [6.45, 7) is 2.81. The zero-order valence-corrected chi connectivity index (χ0v) is 11.5. The number of likely N-dealkylation sites (N-methyl/N-ethyl adjacent to an activating group) is 1. The van der Waals surface area contributed by atoms with E-state index in [9.17, 15) is 4.79 Å². The first-order valence-electron chi connectivity index (χ1n) is 5.47. The molecule has 7 nitrogen and oxygen atoms in total. The second kappa shape index (κ2) is 7.12. The molecule has 0 saturated heterocycles. The van der Waals surface area contributed by atoms with Crippen LogP contribution in [0, 0.1) is 0 Å². The number of hydrogen-bond donors (Lipinski definition) is 0. The van der Waals surface area contributed by atoms with Crippen LogP contribution in [-0.2, 0) is 22.5 Å². The van der Waals surface area contributed by atoms with Crippen LogP contribution in [0.15, 0.2) is 0 Å². The van der Waals surface area contributed by atoms with Crippen LogP contribution in [0.3, 0.4) is 0 Å². The van der Waals surface area contributed by atoms with Crippen molar-refractivity contribution in [1.29, 1.82) is 0 Å². The normalized spacial score (nSPS) is 12.4. The maximum Gasteiger partial charge on any atom is 0.303 e. The van der Waals surface area contributed by atoms with Gasteiger partial charge in [-0.3, -0.25) is 4.79 Å². The van der Waals surface area contributed by atoms with Crippen LogP contribution in [0.1, 0.15) is 12.7 Å². The second-order valence-corrected chi connectivity index (χ2v) is 4.28. The number of thiocarbonyl (C=S) groups is 1. The van der Waals surface area contributed by atoms with Crippen molar-refractivity contribution in [3.05, 3.63) is 5.82 Å². The van der Waals surface area contributed by atoms with E-state index < -0.39 is 12.1 Å². The van der Waals surface area contributed by atoms with Crippen LogP contribution in [-0.4, -0.2) is 63.2 Å². The summed E-state index contributed by atoms with van der Waals surface area (Å²) >= 11 is 4.70. The third kappa shape index (κ3) is 4.84. The number of aromatic nitrogens is 4. The van der Waals surface area contributed by atoms with E-state index in [1.807, 2.05) is 19.0 Å². The van der Waals surface area contributed by atoms with E-state index in [2.05, 4.69) is 20.9 Å². The van der Waals surface area contributed by atoms with Crippen molar-refractivity contribution in [2.45, 2.75) is 26.0 Å². The molecule has 1 rings (SSSR count). The number of nitrogens with zero attached hydrogens (tertiary/aromatic N) is 5. The van der Waals surface area contributed by atoms with Crippen molar-refractivity contribution in [2.75, 3.05) is 20.6 Å². The van der Waals surface area contributed by atoms with E-state index in [0.29, 0.717) is 18.8 Å². The molecule has 8 heteroatoms. The lowest BCUT2D eigenvalue weighted by atomic mass is 10.2. The van der Waals surface area contributed by atoms with Gasteiger partial charge in [-0.15, -0.1) is 5.10 Å². The minimum Gasteiger partial charge on any atom is -0.456 e. The van der Waals surface area contributed by atoms with E-state index >= 15 is 0 Å². The maximum atomic E-state index is 10.9. The van der Waals surface area contributed by atoms with Crippen LogP contribution in [0.5, 0.6) is 0 Å². The molecular formula is C10H16N5O2S. The molecule has 0 aliphatic heterocycles. The van der Waals surface area contributed by atoms with E-state index in [1.54, 1.807) is 4.68 Å². The lowest BCUT2D eigenvalue weighted by Crippen LogP contribution is -2.24. The molecular weight excluding hydrogens is 254 g/mol. The first kappa shape index (κ1) is 14.7. The van der Waals surface area contributed by atoms with Gasteiger partial charge in [-0.25, -0.2) is 4.68 Å². The molecule has 0 spiro atoms. The molecule has 0 fully saturated rings. The minimum absolute atomic E-state index is 0.337. The molecule has 1 atom stereocenters. The summed E-state index contributed by atoms with van der Waals surface area (Å²) in [6.07, 6.45) is -0.259. The Labute approximate surface area is 111 Å². The highest BCUT2D eigenvalue weighted by atomic mass is 32.1. The molecule has 0 aliphatic carbocycles. The second-order valence-electron chi connectivity index (χ2n) is 4.04. The summed E-state index contributed by atoms with van der Waals surface area (Å²) in [5.41, 5.74) is 0. The number of hydrogen-bond acceptors (Lipinski definition) is 7. The fraction of sp³-hybridized carbons (Fsp3) is 0.700. The van der Waals surface area contributed by atoms with Crippen LogP contribution in [0.2, 0.25) is 0 Å². The summed E-state index contributed by atoms with van der Waals surface area (Å²) in [5.74, 6) is 0.227. The van der Waals surface area contributed by atoms with Gasteiger partial charge in [0.15, 0.2) is 5.82 Å². The molecule has 1 aromatic rings. The highest BCUT2D eigenvalue weighted by Crippen LogP contribution is 2.02. The quantitative estimate of drug-likeness (QED) is 0.492. The Morgan fingerprint density at radius 3 is 2.89 bits per heavy atom. The van der Waals surface area contributed by atoms with E-state index in [-0.39, 0.29) is 0 Å². The van der Waals surface area contributed by atoms with Gasteiger partial charge in [0.25, 0.3) is 0 Å². The summed E-state index contributed by atoms with van der Waals surface area (Å²) < 4.78 is 6.65. The molecule has 1 radical (unpaired) electrons. The van der Waals surface area contributed by atoms with E-state index in [4.69, 9.17) is 17.0 Å². The van der Waals surface area contributed by atoms with Crippen molar-refractivity contribution in [2.24, 2.45) is 0 Å². The first-order chi connectivity index (χ1) is 8.52. The first-order valence-corrected chi connectivity index (χ1v) is 5.88. The predicted molar refractivity (Wildman–Crippen MR) is 68.2 cm³/mol. The zero-order valence-electron chi connectivity index (χ0n) is 10.7. The van der Waals surface area contributed by atoms with Crippen molar-refractivity contribution in [3.63, 3.8) is 0 Å². The average Bonchev–Trinajstić information content (AvgIpc) is 2.72. The van der Waals surface area contributed by atoms with E-state index in [0.717, 1.165) is 6.54 Å². The van der Waals surface area contributed by atoms with Gasteiger partial charge in [0.05, 0.1) is 18.3 Å². The monoisotopic (exact) mass is 270 g/mol. The smallest absolute Gasteiger partial charge is 0.303 e. The van der Waals surface area contributed by atoms with Crippen molar-refractivity contribution < 1.29 is 9.53 Å². The van der Waals surface area contributed by atoms with Crippen molar-refractivity contribution in [3.8, 4) is 0 Å². The highest BCUT2D eigenvalue weighted by Gasteiger charge is 2.15. The third-order valence-corrected chi connectivity index (χ3v) is 2.44. The van der Waals surface area contributed by atoms with Gasteiger partial charge < -0.3 is 9.64 Å². The van der Waals surface area contributed by atoms with Gasteiger partial charge in [0.1, 0.15) is 6.10 Å². The SMILES string of the molecule is CC(=O)OC([C]=S)Cc1nnnn1CCN(C)C. The number of carbonyl (C=O) groups is 1. The van der Waals surface area contributed by atoms with Gasteiger partial charge in [-0.1, -0.05) is 12.2 Å². The van der Waals surface area contributed by atoms with E-state index in [1.165, 1.54) is 6.92 Å². The summed E-state index contributed by atoms with van der Waals surface area (Å²) in [4.78, 5) is 12.9. The summed E-state index contributed by atoms with van der Waals surface area (Å²) in [6, 6.07) is 0. The standard InChI is InChI=1S/C10H16N5O2S/c1-8(16)17-9(7-18)6-10-11-12-13-15(10)5-4-14(2)3/h9H,4-6H2,1-3H3. The Hall–Kier alpha value is -1.41. The average molecular weight is 270 g/mol. The Kier molecular flexibility index (Phi) is 5.79. The minimum atomic E-state index is -0.596. The molecule has 0 aromatic carbocycles. The number of ether oxygens (including phenoxy) is 1. The molecule has 0 N–H and O–H groups in total. The Morgan fingerprint density at radius 1 is 1.61 bits per heavy atom. The van der Waals surface area contributed by atoms with Crippen LogP contribution in [0.4, 0.5) is 0 Å². The highest BCUT2D eigenvalue weighted by molar-refractivity contribution is 7.79. The number of rotatable bonds is 7. The molecule has 0 saturated carbocycles. The lowest BCUT2D eigenvalue weighted by molar-refractivity contribution is -0.143. The van der Waals surface area contributed by atoms with Crippen molar-refractivity contribution in [1.82, 2.24) is 25.1 Å². The lowest BCUT2D eigenvalue weighted by Gasteiger charge is -2.12. The van der Waals surface area contributed by atoms with Gasteiger partial charge in [0, 0.05) is 13.5 Å². The Balaban J connectivity index is 2.62. The third-order valence-electron chi connectivity index (χ3n) is 2.17. The van der Waals surface area contributed by atoms with Crippen LogP contribution < -0.4 is 0 Å². The largest absolute Gasteiger partial charge is 0.456 e. The number of carbonyl (C=O) groups excluding carboxylic acids is 1. The molecule has 0 amide bonds. The Bertz CT molecular complexity index is 407. The van der Waals surface area contributed by atoms with Gasteiger partial charge in [-0.2, -0.15) is 0 Å². The molecule has 1 heterocycles.